The Balaban J connectivity index is 1.58. The van der Waals surface area contributed by atoms with Crippen molar-refractivity contribution < 1.29 is 9.59 Å². The van der Waals surface area contributed by atoms with Crippen LogP contribution >= 0.6 is 0 Å². The SMILES string of the molecule is CC(=O)N(CCNC(=O)c1ccccc1)c1ccc(N2CCCCC2)cc1. The fourth-order valence-corrected chi connectivity index (χ4v) is 3.44. The van der Waals surface area contributed by atoms with Gasteiger partial charge < -0.3 is 15.1 Å². The second kappa shape index (κ2) is 9.21. The van der Waals surface area contributed by atoms with E-state index >= 15 is 0 Å². The monoisotopic (exact) mass is 365 g/mol. The smallest absolute Gasteiger partial charge is 0.251 e. The maximum absolute atomic E-state index is 12.1. The molecule has 0 aromatic heterocycles. The van der Waals surface area contributed by atoms with Gasteiger partial charge in [-0.05, 0) is 55.7 Å². The fraction of sp³-hybridized carbons (Fsp3) is 0.364. The average Bonchev–Trinajstić information content (AvgIpc) is 2.72. The van der Waals surface area contributed by atoms with Gasteiger partial charge in [0.2, 0.25) is 5.91 Å². The van der Waals surface area contributed by atoms with Crippen molar-refractivity contribution in [1.29, 1.82) is 0 Å². The highest BCUT2D eigenvalue weighted by Crippen LogP contribution is 2.23. The maximum atomic E-state index is 12.1. The van der Waals surface area contributed by atoms with Gasteiger partial charge in [-0.3, -0.25) is 9.59 Å². The number of hydrogen-bond acceptors (Lipinski definition) is 3. The van der Waals surface area contributed by atoms with Gasteiger partial charge in [0.05, 0.1) is 0 Å². The van der Waals surface area contributed by atoms with E-state index in [9.17, 15) is 9.59 Å². The van der Waals surface area contributed by atoms with E-state index in [2.05, 4.69) is 22.3 Å². The lowest BCUT2D eigenvalue weighted by Gasteiger charge is -2.29. The van der Waals surface area contributed by atoms with Crippen LogP contribution in [0.4, 0.5) is 11.4 Å². The van der Waals surface area contributed by atoms with E-state index in [1.54, 1.807) is 24.0 Å². The van der Waals surface area contributed by atoms with Crippen LogP contribution in [-0.2, 0) is 4.79 Å². The normalized spacial score (nSPS) is 13.9. The molecule has 1 saturated heterocycles. The Labute approximate surface area is 161 Å². The lowest BCUT2D eigenvalue weighted by Crippen LogP contribution is -2.37. The zero-order valence-corrected chi connectivity index (χ0v) is 15.9. The molecule has 0 bridgehead atoms. The lowest BCUT2D eigenvalue weighted by molar-refractivity contribution is -0.116. The van der Waals surface area contributed by atoms with Crippen LogP contribution in [0.5, 0.6) is 0 Å². The Hall–Kier alpha value is -2.82. The molecule has 0 atom stereocenters. The van der Waals surface area contributed by atoms with E-state index in [1.165, 1.54) is 24.9 Å². The van der Waals surface area contributed by atoms with E-state index in [1.807, 2.05) is 30.3 Å². The molecule has 2 amide bonds. The molecule has 2 aromatic rings. The number of benzene rings is 2. The zero-order chi connectivity index (χ0) is 19.1. The number of piperidine rings is 1. The van der Waals surface area contributed by atoms with E-state index in [0.717, 1.165) is 18.8 Å². The van der Waals surface area contributed by atoms with Crippen LogP contribution in [0.2, 0.25) is 0 Å². The molecule has 1 fully saturated rings. The van der Waals surface area contributed by atoms with E-state index < -0.39 is 0 Å². The first kappa shape index (κ1) is 19.0. The van der Waals surface area contributed by atoms with Crippen LogP contribution in [-0.4, -0.2) is 38.0 Å². The van der Waals surface area contributed by atoms with Gasteiger partial charge in [-0.15, -0.1) is 0 Å². The van der Waals surface area contributed by atoms with Crippen molar-refractivity contribution in [3.05, 3.63) is 60.2 Å². The number of anilines is 2. The summed E-state index contributed by atoms with van der Waals surface area (Å²) in [5.74, 6) is -0.158. The van der Waals surface area contributed by atoms with E-state index in [0.29, 0.717) is 18.7 Å². The third-order valence-electron chi connectivity index (χ3n) is 4.92. The quantitative estimate of drug-likeness (QED) is 0.853. The van der Waals surface area contributed by atoms with Crippen molar-refractivity contribution in [2.24, 2.45) is 0 Å². The zero-order valence-electron chi connectivity index (χ0n) is 15.9. The molecule has 5 nitrogen and oxygen atoms in total. The Kier molecular flexibility index (Phi) is 6.47. The number of nitrogens with zero attached hydrogens (tertiary/aromatic N) is 2. The topological polar surface area (TPSA) is 52.7 Å². The van der Waals surface area contributed by atoms with Gasteiger partial charge >= 0.3 is 0 Å². The van der Waals surface area contributed by atoms with Crippen molar-refractivity contribution in [1.82, 2.24) is 5.32 Å². The highest BCUT2D eigenvalue weighted by atomic mass is 16.2. The first-order valence-electron chi connectivity index (χ1n) is 9.61. The number of rotatable bonds is 6. The average molecular weight is 365 g/mol. The second-order valence-corrected chi connectivity index (χ2v) is 6.86. The molecule has 0 spiro atoms. The van der Waals surface area contributed by atoms with Crippen LogP contribution in [0.3, 0.4) is 0 Å². The van der Waals surface area contributed by atoms with Crippen LogP contribution < -0.4 is 15.1 Å². The summed E-state index contributed by atoms with van der Waals surface area (Å²) in [5.41, 5.74) is 2.69. The third kappa shape index (κ3) is 5.09. The molecular weight excluding hydrogens is 338 g/mol. The molecule has 1 aliphatic heterocycles. The van der Waals surface area contributed by atoms with Gasteiger partial charge in [-0.25, -0.2) is 0 Å². The van der Waals surface area contributed by atoms with Gasteiger partial charge in [0.1, 0.15) is 0 Å². The second-order valence-electron chi connectivity index (χ2n) is 6.86. The number of amides is 2. The predicted molar refractivity (Wildman–Crippen MR) is 109 cm³/mol. The minimum Gasteiger partial charge on any atom is -0.372 e. The molecule has 27 heavy (non-hydrogen) atoms. The van der Waals surface area contributed by atoms with Crippen molar-refractivity contribution in [3.8, 4) is 0 Å². The molecule has 2 aromatic carbocycles. The third-order valence-corrected chi connectivity index (χ3v) is 4.92. The van der Waals surface area contributed by atoms with Gasteiger partial charge in [0, 0.05) is 50.0 Å². The molecular formula is C22H27N3O2. The minimum absolute atomic E-state index is 0.0327. The molecule has 1 N–H and O–H groups in total. The predicted octanol–water partition coefficient (Wildman–Crippen LogP) is 3.46. The Morgan fingerprint density at radius 3 is 2.26 bits per heavy atom. The molecule has 0 aliphatic carbocycles. The molecule has 5 heteroatoms. The Bertz CT molecular complexity index is 753. The Morgan fingerprint density at radius 1 is 0.963 bits per heavy atom. The van der Waals surface area contributed by atoms with E-state index in [4.69, 9.17) is 0 Å². The summed E-state index contributed by atoms with van der Waals surface area (Å²) in [4.78, 5) is 28.3. The number of carbonyl (C=O) groups excluding carboxylic acids is 2. The molecule has 142 valence electrons. The fourth-order valence-electron chi connectivity index (χ4n) is 3.44. The number of carbonyl (C=O) groups is 2. The van der Waals surface area contributed by atoms with Gasteiger partial charge in [0.25, 0.3) is 5.91 Å². The maximum Gasteiger partial charge on any atom is 0.251 e. The molecule has 0 saturated carbocycles. The molecule has 0 radical (unpaired) electrons. The molecule has 1 aliphatic rings. The van der Waals surface area contributed by atoms with Crippen LogP contribution in [0.25, 0.3) is 0 Å². The first-order chi connectivity index (χ1) is 13.1. The van der Waals surface area contributed by atoms with Crippen molar-refractivity contribution >= 4 is 23.2 Å². The number of nitrogens with one attached hydrogen (secondary N) is 1. The molecule has 0 unspecified atom stereocenters. The van der Waals surface area contributed by atoms with Crippen LogP contribution in [0.15, 0.2) is 54.6 Å². The largest absolute Gasteiger partial charge is 0.372 e. The van der Waals surface area contributed by atoms with E-state index in [-0.39, 0.29) is 11.8 Å². The summed E-state index contributed by atoms with van der Waals surface area (Å²) in [6.45, 7) is 4.60. The Morgan fingerprint density at radius 2 is 1.63 bits per heavy atom. The summed E-state index contributed by atoms with van der Waals surface area (Å²) in [7, 11) is 0. The summed E-state index contributed by atoms with van der Waals surface area (Å²) in [6, 6.07) is 17.2. The van der Waals surface area contributed by atoms with Crippen LogP contribution in [0, 0.1) is 0 Å². The highest BCUT2D eigenvalue weighted by Gasteiger charge is 2.14. The summed E-state index contributed by atoms with van der Waals surface area (Å²) in [6.07, 6.45) is 3.78. The lowest BCUT2D eigenvalue weighted by atomic mass is 10.1. The van der Waals surface area contributed by atoms with Crippen molar-refractivity contribution in [2.75, 3.05) is 36.0 Å². The van der Waals surface area contributed by atoms with Crippen LogP contribution in [0.1, 0.15) is 36.5 Å². The van der Waals surface area contributed by atoms with Gasteiger partial charge in [-0.2, -0.15) is 0 Å². The van der Waals surface area contributed by atoms with Gasteiger partial charge in [-0.1, -0.05) is 18.2 Å². The first-order valence-corrected chi connectivity index (χ1v) is 9.61. The molecule has 1 heterocycles. The number of hydrogen-bond donors (Lipinski definition) is 1. The van der Waals surface area contributed by atoms with Gasteiger partial charge in [0.15, 0.2) is 0 Å². The summed E-state index contributed by atoms with van der Waals surface area (Å²) < 4.78 is 0. The minimum atomic E-state index is -0.125. The van der Waals surface area contributed by atoms with Crippen molar-refractivity contribution in [2.45, 2.75) is 26.2 Å². The highest BCUT2D eigenvalue weighted by molar-refractivity contribution is 5.94. The van der Waals surface area contributed by atoms with Crippen molar-refractivity contribution in [3.63, 3.8) is 0 Å². The standard InChI is InChI=1S/C22H27N3O2/c1-18(26)25(17-14-23-22(27)19-8-4-2-5-9-19)21-12-10-20(11-13-21)24-15-6-3-7-16-24/h2,4-5,8-13H,3,6-7,14-17H2,1H3,(H,23,27). The molecule has 3 rings (SSSR count). The summed E-state index contributed by atoms with van der Waals surface area (Å²) >= 11 is 0. The summed E-state index contributed by atoms with van der Waals surface area (Å²) in [5, 5.41) is 2.88.